The van der Waals surface area contributed by atoms with Crippen molar-refractivity contribution in [3.63, 3.8) is 0 Å². The third kappa shape index (κ3) is 2.93. The molecule has 0 radical (unpaired) electrons. The number of aromatic nitrogens is 2. The van der Waals surface area contributed by atoms with Gasteiger partial charge in [0.1, 0.15) is 5.82 Å². The van der Waals surface area contributed by atoms with Crippen LogP contribution in [-0.4, -0.2) is 16.3 Å². The van der Waals surface area contributed by atoms with E-state index in [0.29, 0.717) is 5.02 Å². The highest BCUT2D eigenvalue weighted by molar-refractivity contribution is 14.1. The fourth-order valence-electron chi connectivity index (χ4n) is 3.14. The first-order chi connectivity index (χ1) is 11.7. The van der Waals surface area contributed by atoms with Crippen LogP contribution >= 0.6 is 34.2 Å². The van der Waals surface area contributed by atoms with Crippen LogP contribution in [-0.2, 0) is 6.42 Å². The van der Waals surface area contributed by atoms with E-state index in [1.54, 1.807) is 0 Å². The molecule has 0 aliphatic carbocycles. The molecule has 3 nitrogen and oxygen atoms in total. The van der Waals surface area contributed by atoms with Crippen molar-refractivity contribution >= 4 is 40.0 Å². The number of nitrogens with zero attached hydrogens (tertiary/aromatic N) is 2. The Morgan fingerprint density at radius 1 is 1.04 bits per heavy atom. The average molecular weight is 450 g/mol. The second-order valence-electron chi connectivity index (χ2n) is 5.93. The van der Waals surface area contributed by atoms with Crippen molar-refractivity contribution in [2.24, 2.45) is 0 Å². The number of hydrogen-bond donors (Lipinski definition) is 1. The van der Waals surface area contributed by atoms with Crippen LogP contribution in [0.4, 0.5) is 5.82 Å². The Bertz CT molecular complexity index is 871. The quantitative estimate of drug-likeness (QED) is 0.520. The van der Waals surface area contributed by atoms with Gasteiger partial charge in [-0.05, 0) is 66.1 Å². The largest absolute Gasteiger partial charge is 0.370 e. The second kappa shape index (κ2) is 6.76. The van der Waals surface area contributed by atoms with Gasteiger partial charge in [0.05, 0.1) is 16.4 Å². The minimum absolute atomic E-state index is 0.711. The molecular weight excluding hydrogens is 433 g/mol. The second-order valence-corrected chi connectivity index (χ2v) is 7.58. The molecule has 1 aromatic heterocycles. The van der Waals surface area contributed by atoms with Gasteiger partial charge in [-0.15, -0.1) is 0 Å². The standard InChI is InChI=1S/C19H17ClIN3/c20-16-6-1-2-7-17(16)24-19-15(5-3-4-12-22-19)18(23-24)13-8-10-14(21)11-9-13/h1-2,6-11,22H,3-5,12H2. The van der Waals surface area contributed by atoms with Gasteiger partial charge in [-0.25, -0.2) is 4.68 Å². The number of anilines is 1. The number of fused-ring (bicyclic) bond motifs is 1. The van der Waals surface area contributed by atoms with E-state index in [-0.39, 0.29) is 0 Å². The summed E-state index contributed by atoms with van der Waals surface area (Å²) in [7, 11) is 0. The molecule has 2 heterocycles. The lowest BCUT2D eigenvalue weighted by Gasteiger charge is -2.10. The third-order valence-electron chi connectivity index (χ3n) is 4.33. The molecule has 0 spiro atoms. The van der Waals surface area contributed by atoms with E-state index in [4.69, 9.17) is 16.7 Å². The molecule has 0 amide bonds. The van der Waals surface area contributed by atoms with Crippen molar-refractivity contribution in [2.45, 2.75) is 19.3 Å². The Hall–Kier alpha value is -1.53. The van der Waals surface area contributed by atoms with Crippen molar-refractivity contribution in [3.8, 4) is 16.9 Å². The molecule has 2 aromatic carbocycles. The molecule has 1 N–H and O–H groups in total. The van der Waals surface area contributed by atoms with Crippen molar-refractivity contribution < 1.29 is 0 Å². The molecule has 0 atom stereocenters. The van der Waals surface area contributed by atoms with E-state index in [1.165, 1.54) is 22.0 Å². The van der Waals surface area contributed by atoms with Gasteiger partial charge >= 0.3 is 0 Å². The molecular formula is C19H17ClIN3. The number of hydrogen-bond acceptors (Lipinski definition) is 2. The van der Waals surface area contributed by atoms with E-state index in [9.17, 15) is 0 Å². The fourth-order valence-corrected chi connectivity index (χ4v) is 3.72. The van der Waals surface area contributed by atoms with Crippen LogP contribution in [0.2, 0.25) is 5.02 Å². The zero-order valence-electron chi connectivity index (χ0n) is 13.1. The Morgan fingerprint density at radius 3 is 2.62 bits per heavy atom. The first-order valence-corrected chi connectivity index (χ1v) is 9.56. The zero-order chi connectivity index (χ0) is 16.5. The smallest absolute Gasteiger partial charge is 0.133 e. The number of benzene rings is 2. The number of para-hydroxylation sites is 1. The first kappa shape index (κ1) is 16.0. The summed E-state index contributed by atoms with van der Waals surface area (Å²) in [5.41, 5.74) is 4.41. The van der Waals surface area contributed by atoms with Crippen LogP contribution < -0.4 is 5.32 Å². The van der Waals surface area contributed by atoms with Gasteiger partial charge in [0, 0.05) is 21.2 Å². The topological polar surface area (TPSA) is 29.9 Å². The van der Waals surface area contributed by atoms with Crippen LogP contribution in [0, 0.1) is 3.57 Å². The lowest BCUT2D eigenvalue weighted by molar-refractivity contribution is 0.780. The van der Waals surface area contributed by atoms with Crippen LogP contribution in [0.15, 0.2) is 48.5 Å². The van der Waals surface area contributed by atoms with Gasteiger partial charge in [-0.1, -0.05) is 35.9 Å². The van der Waals surface area contributed by atoms with Crippen molar-refractivity contribution in [1.82, 2.24) is 9.78 Å². The fraction of sp³-hybridized carbons (Fsp3) is 0.211. The normalized spacial score (nSPS) is 13.9. The number of nitrogens with one attached hydrogen (secondary N) is 1. The van der Waals surface area contributed by atoms with Crippen LogP contribution in [0.5, 0.6) is 0 Å². The molecule has 24 heavy (non-hydrogen) atoms. The van der Waals surface area contributed by atoms with E-state index in [0.717, 1.165) is 35.7 Å². The molecule has 0 bridgehead atoms. The molecule has 3 aromatic rings. The maximum absolute atomic E-state index is 6.43. The Morgan fingerprint density at radius 2 is 1.83 bits per heavy atom. The van der Waals surface area contributed by atoms with E-state index >= 15 is 0 Å². The van der Waals surface area contributed by atoms with Crippen molar-refractivity contribution in [1.29, 1.82) is 0 Å². The van der Waals surface area contributed by atoms with Gasteiger partial charge in [0.25, 0.3) is 0 Å². The molecule has 0 unspecified atom stereocenters. The summed E-state index contributed by atoms with van der Waals surface area (Å²) in [6.45, 7) is 0.968. The van der Waals surface area contributed by atoms with Crippen LogP contribution in [0.25, 0.3) is 16.9 Å². The summed E-state index contributed by atoms with van der Waals surface area (Å²) in [6, 6.07) is 16.4. The minimum atomic E-state index is 0.711. The van der Waals surface area contributed by atoms with Gasteiger partial charge in [0.15, 0.2) is 0 Å². The summed E-state index contributed by atoms with van der Waals surface area (Å²) in [4.78, 5) is 0. The van der Waals surface area contributed by atoms with Gasteiger partial charge in [0.2, 0.25) is 0 Å². The minimum Gasteiger partial charge on any atom is -0.370 e. The molecule has 4 rings (SSSR count). The maximum atomic E-state index is 6.43. The molecule has 0 saturated carbocycles. The molecule has 1 aliphatic heterocycles. The highest BCUT2D eigenvalue weighted by Crippen LogP contribution is 2.35. The number of rotatable bonds is 2. The predicted molar refractivity (Wildman–Crippen MR) is 108 cm³/mol. The van der Waals surface area contributed by atoms with E-state index < -0.39 is 0 Å². The number of halogens is 2. The van der Waals surface area contributed by atoms with Gasteiger partial charge in [-0.2, -0.15) is 5.10 Å². The van der Waals surface area contributed by atoms with Crippen molar-refractivity contribution in [2.75, 3.05) is 11.9 Å². The van der Waals surface area contributed by atoms with E-state index in [1.807, 2.05) is 28.9 Å². The van der Waals surface area contributed by atoms with Gasteiger partial charge in [-0.3, -0.25) is 0 Å². The molecule has 5 heteroatoms. The molecule has 0 fully saturated rings. The maximum Gasteiger partial charge on any atom is 0.133 e. The summed E-state index contributed by atoms with van der Waals surface area (Å²) < 4.78 is 3.20. The van der Waals surface area contributed by atoms with Crippen molar-refractivity contribution in [3.05, 3.63) is 62.7 Å². The molecule has 1 aliphatic rings. The Kier molecular flexibility index (Phi) is 4.50. The highest BCUT2D eigenvalue weighted by Gasteiger charge is 2.22. The summed E-state index contributed by atoms with van der Waals surface area (Å²) in [5.74, 6) is 1.08. The third-order valence-corrected chi connectivity index (χ3v) is 5.37. The lowest BCUT2D eigenvalue weighted by Crippen LogP contribution is -2.07. The Balaban J connectivity index is 1.92. The lowest BCUT2D eigenvalue weighted by atomic mass is 10.0. The summed E-state index contributed by atoms with van der Waals surface area (Å²) in [6.07, 6.45) is 3.38. The SMILES string of the molecule is Clc1ccccc1-n1nc(-c2ccc(I)cc2)c2c1NCCCC2. The summed E-state index contributed by atoms with van der Waals surface area (Å²) >= 11 is 8.76. The van der Waals surface area contributed by atoms with Gasteiger partial charge < -0.3 is 5.32 Å². The molecule has 0 saturated heterocycles. The highest BCUT2D eigenvalue weighted by atomic mass is 127. The average Bonchev–Trinajstić information content (AvgIpc) is 2.78. The molecule has 122 valence electrons. The predicted octanol–water partition coefficient (Wildman–Crippen LogP) is 5.55. The summed E-state index contributed by atoms with van der Waals surface area (Å²) in [5, 5.41) is 9.20. The Labute approximate surface area is 160 Å². The van der Waals surface area contributed by atoms with E-state index in [2.05, 4.69) is 52.2 Å². The monoisotopic (exact) mass is 449 g/mol. The van der Waals surface area contributed by atoms with Crippen LogP contribution in [0.3, 0.4) is 0 Å². The first-order valence-electron chi connectivity index (χ1n) is 8.10. The zero-order valence-corrected chi connectivity index (χ0v) is 16.0. The van der Waals surface area contributed by atoms with Crippen LogP contribution in [0.1, 0.15) is 18.4 Å².